The van der Waals surface area contributed by atoms with Crippen molar-refractivity contribution in [2.24, 2.45) is 5.92 Å². The first kappa shape index (κ1) is 8.52. The average Bonchev–Trinajstić information content (AvgIpc) is 2.43. The lowest BCUT2D eigenvalue weighted by Crippen LogP contribution is -2.42. The first-order chi connectivity index (χ1) is 5.63. The molecule has 12 heavy (non-hydrogen) atoms. The quantitative estimate of drug-likeness (QED) is 0.594. The van der Waals surface area contributed by atoms with Gasteiger partial charge in [0.15, 0.2) is 0 Å². The van der Waals surface area contributed by atoms with Gasteiger partial charge in [0.05, 0.1) is 6.61 Å². The number of nitrogens with zero attached hydrogens (tertiary/aromatic N) is 1. The van der Waals surface area contributed by atoms with Crippen molar-refractivity contribution in [3.05, 3.63) is 0 Å². The molecule has 2 heterocycles. The van der Waals surface area contributed by atoms with Gasteiger partial charge in [-0.15, -0.1) is 0 Å². The molecule has 0 N–H and O–H groups in total. The van der Waals surface area contributed by atoms with Crippen LogP contribution in [0.5, 0.6) is 0 Å². The molecular formula is C10H19NO. The van der Waals surface area contributed by atoms with Crippen LogP contribution in [0.3, 0.4) is 0 Å². The van der Waals surface area contributed by atoms with Crippen LogP contribution in [0.25, 0.3) is 0 Å². The molecule has 0 unspecified atom stereocenters. The van der Waals surface area contributed by atoms with Crippen LogP contribution in [-0.2, 0) is 4.74 Å². The highest BCUT2D eigenvalue weighted by molar-refractivity contribution is 4.95. The van der Waals surface area contributed by atoms with Crippen molar-refractivity contribution in [1.82, 2.24) is 4.90 Å². The Morgan fingerprint density at radius 3 is 2.92 bits per heavy atom. The van der Waals surface area contributed by atoms with E-state index < -0.39 is 0 Å². The van der Waals surface area contributed by atoms with Crippen LogP contribution in [0.1, 0.15) is 33.6 Å². The van der Waals surface area contributed by atoms with Crippen LogP contribution in [-0.4, -0.2) is 29.8 Å². The van der Waals surface area contributed by atoms with E-state index in [0.29, 0.717) is 6.04 Å². The van der Waals surface area contributed by atoms with E-state index in [-0.39, 0.29) is 5.72 Å². The second-order valence-electron chi connectivity index (χ2n) is 4.59. The third-order valence-electron chi connectivity index (χ3n) is 3.38. The summed E-state index contributed by atoms with van der Waals surface area (Å²) in [6.07, 6.45) is 2.52. The van der Waals surface area contributed by atoms with Gasteiger partial charge in [-0.1, -0.05) is 13.8 Å². The molecule has 0 spiro atoms. The molecule has 0 aliphatic carbocycles. The Morgan fingerprint density at radius 1 is 1.50 bits per heavy atom. The maximum absolute atomic E-state index is 5.86. The van der Waals surface area contributed by atoms with Crippen molar-refractivity contribution in [3.8, 4) is 0 Å². The van der Waals surface area contributed by atoms with Crippen molar-refractivity contribution in [2.75, 3.05) is 13.2 Å². The van der Waals surface area contributed by atoms with Gasteiger partial charge in [-0.25, -0.2) is 0 Å². The van der Waals surface area contributed by atoms with E-state index in [1.165, 1.54) is 19.4 Å². The fourth-order valence-electron chi connectivity index (χ4n) is 2.54. The number of rotatable bonds is 1. The van der Waals surface area contributed by atoms with Crippen LogP contribution in [0.15, 0.2) is 0 Å². The van der Waals surface area contributed by atoms with Gasteiger partial charge in [0.2, 0.25) is 0 Å². The topological polar surface area (TPSA) is 12.5 Å². The molecule has 0 aromatic carbocycles. The minimum absolute atomic E-state index is 0.0922. The highest BCUT2D eigenvalue weighted by atomic mass is 16.5. The zero-order valence-electron chi connectivity index (χ0n) is 8.34. The van der Waals surface area contributed by atoms with E-state index >= 15 is 0 Å². The molecule has 0 radical (unpaired) electrons. The maximum atomic E-state index is 5.86. The van der Waals surface area contributed by atoms with Crippen molar-refractivity contribution >= 4 is 0 Å². The van der Waals surface area contributed by atoms with E-state index in [1.54, 1.807) is 0 Å². The Morgan fingerprint density at radius 2 is 2.25 bits per heavy atom. The first-order valence-electron chi connectivity index (χ1n) is 5.04. The molecule has 2 rings (SSSR count). The SMILES string of the molecule is CC(C)[C@H]1CO[C@]2(C)CCCN12. The summed E-state index contributed by atoms with van der Waals surface area (Å²) in [5.41, 5.74) is 0.0922. The summed E-state index contributed by atoms with van der Waals surface area (Å²) in [6.45, 7) is 8.99. The molecule has 0 bridgehead atoms. The van der Waals surface area contributed by atoms with Gasteiger partial charge < -0.3 is 4.74 Å². The fourth-order valence-corrected chi connectivity index (χ4v) is 2.54. The molecule has 2 aliphatic rings. The predicted molar refractivity (Wildman–Crippen MR) is 48.9 cm³/mol. The first-order valence-corrected chi connectivity index (χ1v) is 5.04. The monoisotopic (exact) mass is 169 g/mol. The number of ether oxygens (including phenoxy) is 1. The third kappa shape index (κ3) is 1.09. The minimum atomic E-state index is 0.0922. The Labute approximate surface area is 74.9 Å². The van der Waals surface area contributed by atoms with Crippen LogP contribution < -0.4 is 0 Å². The Hall–Kier alpha value is -0.0800. The van der Waals surface area contributed by atoms with Crippen LogP contribution in [0, 0.1) is 5.92 Å². The molecule has 0 amide bonds. The molecular weight excluding hydrogens is 150 g/mol. The maximum Gasteiger partial charge on any atom is 0.119 e. The Bertz CT molecular complexity index is 181. The Kier molecular flexibility index (Phi) is 1.92. The summed E-state index contributed by atoms with van der Waals surface area (Å²) in [6, 6.07) is 0.664. The second-order valence-corrected chi connectivity index (χ2v) is 4.59. The third-order valence-corrected chi connectivity index (χ3v) is 3.38. The van der Waals surface area contributed by atoms with E-state index in [9.17, 15) is 0 Å². The molecule has 2 heteroatoms. The highest BCUT2D eigenvalue weighted by Crippen LogP contribution is 2.39. The lowest BCUT2D eigenvalue weighted by molar-refractivity contribution is -0.0446. The average molecular weight is 169 g/mol. The number of hydrogen-bond donors (Lipinski definition) is 0. The van der Waals surface area contributed by atoms with Gasteiger partial charge in [0.1, 0.15) is 5.72 Å². The van der Waals surface area contributed by atoms with Crippen LogP contribution in [0.4, 0.5) is 0 Å². The molecule has 2 aliphatic heterocycles. The number of fused-ring (bicyclic) bond motifs is 1. The minimum Gasteiger partial charge on any atom is -0.359 e. The van der Waals surface area contributed by atoms with E-state index in [2.05, 4.69) is 25.7 Å². The molecule has 2 saturated heterocycles. The smallest absolute Gasteiger partial charge is 0.119 e. The zero-order valence-corrected chi connectivity index (χ0v) is 8.34. The summed E-state index contributed by atoms with van der Waals surface area (Å²) in [5.74, 6) is 0.727. The van der Waals surface area contributed by atoms with E-state index in [0.717, 1.165) is 12.5 Å². The summed E-state index contributed by atoms with van der Waals surface area (Å²) >= 11 is 0. The van der Waals surface area contributed by atoms with Crippen molar-refractivity contribution < 1.29 is 4.74 Å². The van der Waals surface area contributed by atoms with Gasteiger partial charge in [0, 0.05) is 12.6 Å². The molecule has 0 aromatic rings. The predicted octanol–water partition coefficient (Wildman–Crippen LogP) is 1.85. The van der Waals surface area contributed by atoms with Crippen molar-refractivity contribution in [1.29, 1.82) is 0 Å². The van der Waals surface area contributed by atoms with Gasteiger partial charge in [0.25, 0.3) is 0 Å². The molecule has 2 atom stereocenters. The lowest BCUT2D eigenvalue weighted by Gasteiger charge is -2.30. The Balaban J connectivity index is 2.13. The van der Waals surface area contributed by atoms with Crippen LogP contribution >= 0.6 is 0 Å². The van der Waals surface area contributed by atoms with Gasteiger partial charge in [-0.05, 0) is 25.7 Å². The van der Waals surface area contributed by atoms with Crippen LogP contribution in [0.2, 0.25) is 0 Å². The molecule has 0 saturated carbocycles. The highest BCUT2D eigenvalue weighted by Gasteiger charge is 2.47. The van der Waals surface area contributed by atoms with Gasteiger partial charge >= 0.3 is 0 Å². The summed E-state index contributed by atoms with van der Waals surface area (Å²) in [4.78, 5) is 2.55. The van der Waals surface area contributed by atoms with Gasteiger partial charge in [-0.3, -0.25) is 4.90 Å². The zero-order chi connectivity index (χ0) is 8.77. The standard InChI is InChI=1S/C10H19NO/c1-8(2)9-7-12-10(3)5-4-6-11(9)10/h8-9H,4-7H2,1-3H3/t9-,10-/m1/s1. The summed E-state index contributed by atoms with van der Waals surface area (Å²) in [7, 11) is 0. The van der Waals surface area contributed by atoms with Gasteiger partial charge in [-0.2, -0.15) is 0 Å². The van der Waals surface area contributed by atoms with E-state index in [1.807, 2.05) is 0 Å². The second kappa shape index (κ2) is 2.71. The summed E-state index contributed by atoms with van der Waals surface area (Å²) < 4.78 is 5.86. The van der Waals surface area contributed by atoms with E-state index in [4.69, 9.17) is 4.74 Å². The van der Waals surface area contributed by atoms with Crippen molar-refractivity contribution in [3.63, 3.8) is 0 Å². The molecule has 2 fully saturated rings. The summed E-state index contributed by atoms with van der Waals surface area (Å²) in [5, 5.41) is 0. The van der Waals surface area contributed by atoms with Crippen molar-refractivity contribution in [2.45, 2.75) is 45.4 Å². The molecule has 2 nitrogen and oxygen atoms in total. The normalized spacial score (nSPS) is 42.5. The largest absolute Gasteiger partial charge is 0.359 e. The molecule has 0 aromatic heterocycles. The molecule has 70 valence electrons. The lowest BCUT2D eigenvalue weighted by atomic mass is 10.0. The fraction of sp³-hybridized carbons (Fsp3) is 1.00. The number of hydrogen-bond acceptors (Lipinski definition) is 2.